The average Bonchev–Trinajstić information content (AvgIpc) is 3.22. The molecule has 2 heterocycles. The van der Waals surface area contributed by atoms with Crippen LogP contribution in [0.1, 0.15) is 36.6 Å². The van der Waals surface area contributed by atoms with Crippen LogP contribution in [0.4, 0.5) is 5.69 Å². The summed E-state index contributed by atoms with van der Waals surface area (Å²) >= 11 is 0. The van der Waals surface area contributed by atoms with Crippen LogP contribution in [0.25, 0.3) is 5.69 Å². The summed E-state index contributed by atoms with van der Waals surface area (Å²) in [7, 11) is 3.65. The van der Waals surface area contributed by atoms with Crippen molar-refractivity contribution in [3.8, 4) is 11.4 Å². The van der Waals surface area contributed by atoms with Gasteiger partial charge >= 0.3 is 0 Å². The first kappa shape index (κ1) is 22.5. The number of rotatable bonds is 4. The van der Waals surface area contributed by atoms with E-state index >= 15 is 0 Å². The first-order valence-corrected chi connectivity index (χ1v) is 11.5. The molecular formula is C27H31N3O4. The van der Waals surface area contributed by atoms with E-state index in [2.05, 4.69) is 23.8 Å². The zero-order valence-electron chi connectivity index (χ0n) is 20.1. The minimum absolute atomic E-state index is 0.240. The van der Waals surface area contributed by atoms with Gasteiger partial charge in [0, 0.05) is 46.9 Å². The molecule has 2 atom stereocenters. The van der Waals surface area contributed by atoms with E-state index in [0.29, 0.717) is 16.9 Å². The number of aromatic amines is 1. The van der Waals surface area contributed by atoms with Crippen LogP contribution in [0.3, 0.4) is 0 Å². The third-order valence-electron chi connectivity index (χ3n) is 7.58. The zero-order valence-corrected chi connectivity index (χ0v) is 20.1. The van der Waals surface area contributed by atoms with Crippen LogP contribution in [0.15, 0.2) is 65.1 Å². The highest BCUT2D eigenvalue weighted by molar-refractivity contribution is 5.71. The molecule has 0 amide bonds. The van der Waals surface area contributed by atoms with Gasteiger partial charge in [0.15, 0.2) is 0 Å². The van der Waals surface area contributed by atoms with Gasteiger partial charge in [0.2, 0.25) is 0 Å². The van der Waals surface area contributed by atoms with Gasteiger partial charge in [-0.1, -0.05) is 38.1 Å². The van der Waals surface area contributed by atoms with E-state index in [1.165, 1.54) is 4.68 Å². The lowest BCUT2D eigenvalue weighted by molar-refractivity contribution is -0.0952. The molecule has 2 unspecified atom stereocenters. The van der Waals surface area contributed by atoms with E-state index in [0.717, 1.165) is 22.7 Å². The summed E-state index contributed by atoms with van der Waals surface area (Å²) in [6.07, 6.45) is 0.239. The molecule has 178 valence electrons. The van der Waals surface area contributed by atoms with Gasteiger partial charge in [0.05, 0.1) is 25.0 Å². The van der Waals surface area contributed by atoms with Gasteiger partial charge in [-0.15, -0.1) is 0 Å². The number of nitrogens with one attached hydrogen (secondary N) is 1. The van der Waals surface area contributed by atoms with Crippen molar-refractivity contribution in [1.82, 2.24) is 9.78 Å². The Hall–Kier alpha value is -3.29. The van der Waals surface area contributed by atoms with E-state index in [4.69, 9.17) is 4.74 Å². The molecule has 3 N–H and O–H groups in total. The first-order chi connectivity index (χ1) is 16.2. The Balaban J connectivity index is 1.46. The Morgan fingerprint density at radius 3 is 2.41 bits per heavy atom. The van der Waals surface area contributed by atoms with E-state index in [1.54, 1.807) is 14.0 Å². The van der Waals surface area contributed by atoms with Crippen LogP contribution in [-0.2, 0) is 5.41 Å². The number of hydrogen-bond donors (Lipinski definition) is 3. The van der Waals surface area contributed by atoms with Crippen molar-refractivity contribution in [1.29, 1.82) is 0 Å². The standard InChI is InChI=1S/C27H31N3O4/c1-15-22(26(33)30(28-15)16-9-7-6-8-10-16)23-24(31)18(25(23)32)14-21-27(2,3)19-13-17(34-5)11-12-20(19)29(21)4/h6-14,18,23-25,28,31-32H,1-5H3/b21-14+. The summed E-state index contributed by atoms with van der Waals surface area (Å²) in [6, 6.07) is 15.3. The van der Waals surface area contributed by atoms with Gasteiger partial charge in [0.25, 0.3) is 5.56 Å². The lowest BCUT2D eigenvalue weighted by Crippen LogP contribution is -2.54. The minimum Gasteiger partial charge on any atom is -0.497 e. The summed E-state index contributed by atoms with van der Waals surface area (Å²) < 4.78 is 6.88. The van der Waals surface area contributed by atoms with E-state index in [9.17, 15) is 15.0 Å². The van der Waals surface area contributed by atoms with Crippen molar-refractivity contribution in [3.05, 3.63) is 87.5 Å². The van der Waals surface area contributed by atoms with E-state index in [-0.39, 0.29) is 11.0 Å². The van der Waals surface area contributed by atoms with Crippen LogP contribution in [0, 0.1) is 12.8 Å². The quantitative estimate of drug-likeness (QED) is 0.555. The maximum atomic E-state index is 13.2. The third kappa shape index (κ3) is 3.15. The molecule has 7 nitrogen and oxygen atoms in total. The normalized spacial score (nSPS) is 26.4. The van der Waals surface area contributed by atoms with Crippen LogP contribution < -0.4 is 15.2 Å². The largest absolute Gasteiger partial charge is 0.497 e. The highest BCUT2D eigenvalue weighted by atomic mass is 16.5. The number of para-hydroxylation sites is 1. The summed E-state index contributed by atoms with van der Waals surface area (Å²) in [6.45, 7) is 6.06. The van der Waals surface area contributed by atoms with Crippen LogP contribution in [0.2, 0.25) is 0 Å². The SMILES string of the molecule is COc1ccc2c(c1)C(C)(C)/C(=C\C1C(O)C(c3c(C)[nH]n(-c4ccccc4)c3=O)C1O)N2C. The molecule has 0 spiro atoms. The van der Waals surface area contributed by atoms with Gasteiger partial charge in [-0.05, 0) is 42.8 Å². The average molecular weight is 462 g/mol. The fourth-order valence-electron chi connectivity index (χ4n) is 5.61. The number of anilines is 1. The number of aliphatic hydroxyl groups excluding tert-OH is 2. The molecule has 34 heavy (non-hydrogen) atoms. The molecule has 1 aromatic heterocycles. The maximum Gasteiger partial charge on any atom is 0.275 e. The Bertz CT molecular complexity index is 1310. The number of aromatic nitrogens is 2. The summed E-state index contributed by atoms with van der Waals surface area (Å²) in [5.74, 6) is -0.326. The Morgan fingerprint density at radius 2 is 1.76 bits per heavy atom. The highest BCUT2D eigenvalue weighted by Crippen LogP contribution is 2.51. The minimum atomic E-state index is -0.864. The Morgan fingerprint density at radius 1 is 1.09 bits per heavy atom. The zero-order chi connectivity index (χ0) is 24.4. The number of fused-ring (bicyclic) bond motifs is 1. The number of benzene rings is 2. The van der Waals surface area contributed by atoms with Crippen molar-refractivity contribution >= 4 is 5.69 Å². The summed E-state index contributed by atoms with van der Waals surface area (Å²) in [4.78, 5) is 15.3. The van der Waals surface area contributed by atoms with Crippen LogP contribution >= 0.6 is 0 Å². The lowest BCUT2D eigenvalue weighted by atomic mass is 9.65. The molecule has 1 aliphatic carbocycles. The molecule has 5 rings (SSSR count). The fourth-order valence-corrected chi connectivity index (χ4v) is 5.61. The predicted molar refractivity (Wildman–Crippen MR) is 132 cm³/mol. The van der Waals surface area contributed by atoms with Crippen molar-refractivity contribution in [3.63, 3.8) is 0 Å². The number of likely N-dealkylation sites (N-methyl/N-ethyl adjacent to an activating group) is 1. The van der Waals surface area contributed by atoms with Crippen molar-refractivity contribution < 1.29 is 14.9 Å². The molecule has 1 aliphatic heterocycles. The molecular weight excluding hydrogens is 430 g/mol. The van der Waals surface area contributed by atoms with E-state index in [1.807, 2.05) is 61.7 Å². The fraction of sp³-hybridized carbons (Fsp3) is 0.370. The lowest BCUT2D eigenvalue weighted by Gasteiger charge is -2.45. The number of aliphatic hydroxyl groups is 2. The molecule has 3 aromatic rings. The second-order valence-corrected chi connectivity index (χ2v) is 9.83. The second kappa shape index (κ2) is 7.89. The Labute approximate surface area is 198 Å². The molecule has 0 radical (unpaired) electrons. The van der Waals surface area contributed by atoms with Gasteiger partial charge in [-0.3, -0.25) is 9.89 Å². The molecule has 2 aliphatic rings. The number of H-pyrrole nitrogens is 1. The first-order valence-electron chi connectivity index (χ1n) is 11.5. The van der Waals surface area contributed by atoms with Crippen molar-refractivity contribution in [2.24, 2.45) is 5.92 Å². The smallest absolute Gasteiger partial charge is 0.275 e. The van der Waals surface area contributed by atoms with E-state index < -0.39 is 24.0 Å². The monoisotopic (exact) mass is 461 g/mol. The van der Waals surface area contributed by atoms with Gasteiger partial charge < -0.3 is 19.8 Å². The number of aryl methyl sites for hydroxylation is 1. The number of ether oxygens (including phenoxy) is 1. The number of hydrogen-bond acceptors (Lipinski definition) is 5. The topological polar surface area (TPSA) is 90.7 Å². The molecule has 0 saturated heterocycles. The molecule has 2 aromatic carbocycles. The molecule has 1 fully saturated rings. The number of methoxy groups -OCH3 is 1. The second-order valence-electron chi connectivity index (χ2n) is 9.83. The van der Waals surface area contributed by atoms with Crippen LogP contribution in [0.5, 0.6) is 5.75 Å². The third-order valence-corrected chi connectivity index (χ3v) is 7.58. The molecule has 7 heteroatoms. The van der Waals surface area contributed by atoms with Gasteiger partial charge in [-0.2, -0.15) is 0 Å². The number of nitrogens with zero attached hydrogens (tertiary/aromatic N) is 2. The molecule has 1 saturated carbocycles. The van der Waals surface area contributed by atoms with Gasteiger partial charge in [0.1, 0.15) is 5.75 Å². The van der Waals surface area contributed by atoms with Gasteiger partial charge in [-0.25, -0.2) is 4.68 Å². The Kier molecular flexibility index (Phi) is 5.22. The van der Waals surface area contributed by atoms with Crippen molar-refractivity contribution in [2.75, 3.05) is 19.1 Å². The highest BCUT2D eigenvalue weighted by Gasteiger charge is 2.52. The van der Waals surface area contributed by atoms with Crippen LogP contribution in [-0.4, -0.2) is 46.4 Å². The summed E-state index contributed by atoms with van der Waals surface area (Å²) in [5.41, 5.74) is 4.45. The molecule has 0 bridgehead atoms. The summed E-state index contributed by atoms with van der Waals surface area (Å²) in [5, 5.41) is 25.4. The number of allylic oxidation sites excluding steroid dienone is 1. The predicted octanol–water partition coefficient (Wildman–Crippen LogP) is 3.23. The van der Waals surface area contributed by atoms with Crippen molar-refractivity contribution in [2.45, 2.75) is 44.3 Å². The maximum absolute atomic E-state index is 13.2.